The molecule has 0 radical (unpaired) electrons. The molecule has 1 aromatic heterocycles. The van der Waals surface area contributed by atoms with Gasteiger partial charge in [-0.05, 0) is 42.5 Å². The largest absolute Gasteiger partial charge is 0.573 e. The monoisotopic (exact) mass is 368 g/mol. The maximum atomic E-state index is 12.2. The second kappa shape index (κ2) is 6.68. The Hall–Kier alpha value is -2.67. The molecule has 3 rings (SSSR count). The van der Waals surface area contributed by atoms with Crippen LogP contribution < -0.4 is 14.8 Å². The minimum Gasteiger partial charge on any atom is -0.497 e. The van der Waals surface area contributed by atoms with E-state index in [0.29, 0.717) is 22.3 Å². The number of benzene rings is 2. The smallest absolute Gasteiger partial charge is 0.497 e. The Morgan fingerprint density at radius 2 is 1.68 bits per heavy atom. The maximum Gasteiger partial charge on any atom is 0.573 e. The van der Waals surface area contributed by atoms with Crippen LogP contribution in [0.4, 0.5) is 24.7 Å². The van der Waals surface area contributed by atoms with Crippen LogP contribution in [-0.4, -0.2) is 18.5 Å². The fraction of sp³-hybridized carbons (Fsp3) is 0.118. The standard InChI is InChI=1S/C17H12ClF3N2O2/c1-24-12-6-7-13-14(8-12)15(18)9-22-16(13)23-10-2-4-11(5-3-10)25-17(19,20)21/h2-9H,1H3,(H,22,23). The van der Waals surface area contributed by atoms with E-state index in [9.17, 15) is 13.2 Å². The summed E-state index contributed by atoms with van der Waals surface area (Å²) >= 11 is 6.17. The van der Waals surface area contributed by atoms with Crippen LogP contribution in [-0.2, 0) is 0 Å². The van der Waals surface area contributed by atoms with Gasteiger partial charge in [-0.15, -0.1) is 13.2 Å². The molecule has 0 saturated heterocycles. The van der Waals surface area contributed by atoms with E-state index >= 15 is 0 Å². The lowest BCUT2D eigenvalue weighted by Gasteiger charge is -2.12. The number of aromatic nitrogens is 1. The predicted molar refractivity (Wildman–Crippen MR) is 89.7 cm³/mol. The fourth-order valence-corrected chi connectivity index (χ4v) is 2.50. The Kier molecular flexibility index (Phi) is 4.59. The quantitative estimate of drug-likeness (QED) is 0.656. The number of fused-ring (bicyclic) bond motifs is 1. The summed E-state index contributed by atoms with van der Waals surface area (Å²) in [5, 5.41) is 5.02. The summed E-state index contributed by atoms with van der Waals surface area (Å²) in [7, 11) is 1.56. The van der Waals surface area contributed by atoms with Gasteiger partial charge in [-0.25, -0.2) is 4.98 Å². The number of alkyl halides is 3. The maximum absolute atomic E-state index is 12.2. The predicted octanol–water partition coefficient (Wildman–Crippen LogP) is 5.54. The van der Waals surface area contributed by atoms with E-state index in [2.05, 4.69) is 15.0 Å². The number of pyridine rings is 1. The summed E-state index contributed by atoms with van der Waals surface area (Å²) in [6, 6.07) is 10.7. The van der Waals surface area contributed by atoms with Gasteiger partial charge in [-0.2, -0.15) is 0 Å². The molecular weight excluding hydrogens is 357 g/mol. The van der Waals surface area contributed by atoms with Gasteiger partial charge in [0.1, 0.15) is 17.3 Å². The van der Waals surface area contributed by atoms with E-state index in [1.54, 1.807) is 25.3 Å². The second-order valence-corrected chi connectivity index (χ2v) is 5.47. The van der Waals surface area contributed by atoms with Crippen LogP contribution >= 0.6 is 11.6 Å². The number of ether oxygens (including phenoxy) is 2. The van der Waals surface area contributed by atoms with Gasteiger partial charge in [0.15, 0.2) is 0 Å². The third-order valence-corrected chi connectivity index (χ3v) is 3.70. The third-order valence-electron chi connectivity index (χ3n) is 3.40. The molecule has 0 aliphatic heterocycles. The Balaban J connectivity index is 1.89. The van der Waals surface area contributed by atoms with Crippen LogP contribution in [0.15, 0.2) is 48.7 Å². The molecular formula is C17H12ClF3N2O2. The van der Waals surface area contributed by atoms with Crippen molar-refractivity contribution in [1.82, 2.24) is 4.98 Å². The number of halogens is 4. The van der Waals surface area contributed by atoms with Crippen LogP contribution in [0.25, 0.3) is 10.8 Å². The van der Waals surface area contributed by atoms with E-state index in [0.717, 1.165) is 10.8 Å². The molecule has 0 aliphatic rings. The van der Waals surface area contributed by atoms with Crippen molar-refractivity contribution in [3.8, 4) is 11.5 Å². The van der Waals surface area contributed by atoms with E-state index in [4.69, 9.17) is 16.3 Å². The zero-order chi connectivity index (χ0) is 18.0. The van der Waals surface area contributed by atoms with Crippen molar-refractivity contribution >= 4 is 33.9 Å². The molecule has 2 aromatic carbocycles. The molecule has 1 heterocycles. The molecule has 3 aromatic rings. The van der Waals surface area contributed by atoms with E-state index in [-0.39, 0.29) is 5.75 Å². The van der Waals surface area contributed by atoms with E-state index < -0.39 is 6.36 Å². The molecule has 0 bridgehead atoms. The zero-order valence-corrected chi connectivity index (χ0v) is 13.7. The first-order chi connectivity index (χ1) is 11.9. The van der Waals surface area contributed by atoms with Crippen molar-refractivity contribution in [2.45, 2.75) is 6.36 Å². The number of anilines is 2. The average Bonchev–Trinajstić information content (AvgIpc) is 2.57. The van der Waals surface area contributed by atoms with Crippen LogP contribution in [0.2, 0.25) is 5.02 Å². The molecule has 25 heavy (non-hydrogen) atoms. The van der Waals surface area contributed by atoms with Crippen molar-refractivity contribution in [2.24, 2.45) is 0 Å². The summed E-state index contributed by atoms with van der Waals surface area (Å²) < 4.78 is 45.6. The Bertz CT molecular complexity index is 899. The van der Waals surface area contributed by atoms with Crippen molar-refractivity contribution in [3.63, 3.8) is 0 Å². The molecule has 8 heteroatoms. The van der Waals surface area contributed by atoms with Gasteiger partial charge in [0.25, 0.3) is 0 Å². The normalized spacial score (nSPS) is 11.4. The van der Waals surface area contributed by atoms with Crippen LogP contribution in [0.1, 0.15) is 0 Å². The van der Waals surface area contributed by atoms with Gasteiger partial charge >= 0.3 is 6.36 Å². The highest BCUT2D eigenvalue weighted by Crippen LogP contribution is 2.33. The molecule has 4 nitrogen and oxygen atoms in total. The summed E-state index contributed by atoms with van der Waals surface area (Å²) in [6.45, 7) is 0. The highest BCUT2D eigenvalue weighted by atomic mass is 35.5. The summed E-state index contributed by atoms with van der Waals surface area (Å²) in [5.41, 5.74) is 0.557. The lowest BCUT2D eigenvalue weighted by molar-refractivity contribution is -0.274. The Morgan fingerprint density at radius 1 is 1.00 bits per heavy atom. The van der Waals surface area contributed by atoms with E-state index in [1.165, 1.54) is 30.5 Å². The van der Waals surface area contributed by atoms with Gasteiger partial charge in [-0.3, -0.25) is 0 Å². The molecule has 0 amide bonds. The molecule has 0 saturated carbocycles. The molecule has 0 aliphatic carbocycles. The summed E-state index contributed by atoms with van der Waals surface area (Å²) in [6.07, 6.45) is -3.23. The van der Waals surface area contributed by atoms with E-state index in [1.807, 2.05) is 0 Å². The zero-order valence-electron chi connectivity index (χ0n) is 12.9. The van der Waals surface area contributed by atoms with Gasteiger partial charge in [-0.1, -0.05) is 11.6 Å². The van der Waals surface area contributed by atoms with Gasteiger partial charge in [0, 0.05) is 22.7 Å². The topological polar surface area (TPSA) is 43.4 Å². The Labute approximate surface area is 146 Å². The highest BCUT2D eigenvalue weighted by molar-refractivity contribution is 6.35. The van der Waals surface area contributed by atoms with Crippen LogP contribution in [0.5, 0.6) is 11.5 Å². The van der Waals surface area contributed by atoms with Crippen molar-refractivity contribution in [3.05, 3.63) is 53.7 Å². The highest BCUT2D eigenvalue weighted by Gasteiger charge is 2.30. The molecule has 0 atom stereocenters. The SMILES string of the molecule is COc1ccc2c(Nc3ccc(OC(F)(F)F)cc3)ncc(Cl)c2c1. The number of methoxy groups -OCH3 is 1. The molecule has 0 fully saturated rings. The number of hydrogen-bond donors (Lipinski definition) is 1. The molecule has 0 unspecified atom stereocenters. The van der Waals surface area contributed by atoms with Crippen molar-refractivity contribution in [1.29, 1.82) is 0 Å². The average molecular weight is 369 g/mol. The van der Waals surface area contributed by atoms with Crippen molar-refractivity contribution in [2.75, 3.05) is 12.4 Å². The third kappa shape index (κ3) is 4.06. The molecule has 0 spiro atoms. The minimum absolute atomic E-state index is 0.295. The second-order valence-electron chi connectivity index (χ2n) is 5.06. The number of nitrogens with one attached hydrogen (secondary N) is 1. The van der Waals surface area contributed by atoms with Gasteiger partial charge in [0.05, 0.1) is 12.1 Å². The van der Waals surface area contributed by atoms with Crippen molar-refractivity contribution < 1.29 is 22.6 Å². The van der Waals surface area contributed by atoms with Crippen LogP contribution in [0.3, 0.4) is 0 Å². The summed E-state index contributed by atoms with van der Waals surface area (Å²) in [5.74, 6) is 0.878. The van der Waals surface area contributed by atoms with Gasteiger partial charge < -0.3 is 14.8 Å². The first kappa shape index (κ1) is 17.2. The lowest BCUT2D eigenvalue weighted by atomic mass is 10.1. The lowest BCUT2D eigenvalue weighted by Crippen LogP contribution is -2.16. The Morgan fingerprint density at radius 3 is 2.32 bits per heavy atom. The number of rotatable bonds is 4. The van der Waals surface area contributed by atoms with Crippen LogP contribution in [0, 0.1) is 0 Å². The fourth-order valence-electron chi connectivity index (χ4n) is 2.29. The summed E-state index contributed by atoms with van der Waals surface area (Å²) in [4.78, 5) is 4.24. The number of nitrogens with zero attached hydrogens (tertiary/aromatic N) is 1. The number of hydrogen-bond acceptors (Lipinski definition) is 4. The minimum atomic E-state index is -4.72. The first-order valence-corrected chi connectivity index (χ1v) is 7.48. The first-order valence-electron chi connectivity index (χ1n) is 7.11. The van der Waals surface area contributed by atoms with Gasteiger partial charge in [0.2, 0.25) is 0 Å². The molecule has 130 valence electrons. The molecule has 1 N–H and O–H groups in total.